The first-order valence-electron chi connectivity index (χ1n) is 6.38. The molecule has 0 saturated heterocycles. The Labute approximate surface area is 107 Å². The van der Waals surface area contributed by atoms with Crippen LogP contribution < -0.4 is 5.32 Å². The minimum Gasteiger partial charge on any atom is -0.313 e. The number of rotatable bonds is 6. The first-order chi connectivity index (χ1) is 8.22. The Morgan fingerprint density at radius 2 is 2.24 bits per heavy atom. The SMILES string of the molecule is CCCNC(Cc1cccc(Cl)c1F)C1CC1. The molecule has 0 radical (unpaired) electrons. The summed E-state index contributed by atoms with van der Waals surface area (Å²) in [6.45, 7) is 3.15. The van der Waals surface area contributed by atoms with Crippen LogP contribution in [0.2, 0.25) is 5.02 Å². The average Bonchev–Trinajstić information content (AvgIpc) is 3.14. The molecular formula is C14H19ClFN. The standard InChI is InChI=1S/C14H19ClFN/c1-2-8-17-13(10-6-7-10)9-11-4-3-5-12(15)14(11)16/h3-5,10,13,17H,2,6-9H2,1H3. The summed E-state index contributed by atoms with van der Waals surface area (Å²) in [7, 11) is 0. The number of nitrogens with one attached hydrogen (secondary N) is 1. The van der Waals surface area contributed by atoms with Crippen molar-refractivity contribution >= 4 is 11.6 Å². The van der Waals surface area contributed by atoms with Crippen molar-refractivity contribution in [3.8, 4) is 0 Å². The van der Waals surface area contributed by atoms with Gasteiger partial charge in [0.15, 0.2) is 0 Å². The predicted octanol–water partition coefficient (Wildman–Crippen LogP) is 3.80. The highest BCUT2D eigenvalue weighted by Gasteiger charge is 2.31. The summed E-state index contributed by atoms with van der Waals surface area (Å²) in [5.41, 5.74) is 0.734. The fourth-order valence-electron chi connectivity index (χ4n) is 2.18. The van der Waals surface area contributed by atoms with Gasteiger partial charge < -0.3 is 5.32 Å². The first kappa shape index (κ1) is 12.8. The van der Waals surface area contributed by atoms with Crippen LogP contribution in [0.5, 0.6) is 0 Å². The molecule has 1 aliphatic rings. The third-order valence-corrected chi connectivity index (χ3v) is 3.61. The smallest absolute Gasteiger partial charge is 0.145 e. The van der Waals surface area contributed by atoms with E-state index in [0.717, 1.165) is 30.9 Å². The molecule has 0 amide bonds. The van der Waals surface area contributed by atoms with Crippen LogP contribution in [0, 0.1) is 11.7 Å². The second-order valence-corrected chi connectivity index (χ2v) is 5.22. The molecule has 17 heavy (non-hydrogen) atoms. The van der Waals surface area contributed by atoms with E-state index in [1.165, 1.54) is 12.8 Å². The van der Waals surface area contributed by atoms with E-state index in [9.17, 15) is 4.39 Å². The quantitative estimate of drug-likeness (QED) is 0.815. The van der Waals surface area contributed by atoms with Crippen LogP contribution in [-0.4, -0.2) is 12.6 Å². The monoisotopic (exact) mass is 255 g/mol. The lowest BCUT2D eigenvalue weighted by atomic mass is 10.0. The van der Waals surface area contributed by atoms with E-state index < -0.39 is 0 Å². The molecule has 1 fully saturated rings. The molecule has 0 aromatic heterocycles. The Kier molecular flexibility index (Phi) is 4.41. The summed E-state index contributed by atoms with van der Waals surface area (Å²) in [5.74, 6) is 0.470. The average molecular weight is 256 g/mol. The van der Waals surface area contributed by atoms with Crippen LogP contribution in [0.25, 0.3) is 0 Å². The molecular weight excluding hydrogens is 237 g/mol. The van der Waals surface area contributed by atoms with Crippen LogP contribution in [-0.2, 0) is 6.42 Å². The van der Waals surface area contributed by atoms with Crippen molar-refractivity contribution in [2.75, 3.05) is 6.54 Å². The lowest BCUT2D eigenvalue weighted by Crippen LogP contribution is -2.34. The van der Waals surface area contributed by atoms with Gasteiger partial charge in [0, 0.05) is 6.04 Å². The number of hydrogen-bond donors (Lipinski definition) is 1. The van der Waals surface area contributed by atoms with E-state index in [1.54, 1.807) is 6.07 Å². The molecule has 0 spiro atoms. The summed E-state index contributed by atoms with van der Waals surface area (Å²) >= 11 is 5.80. The van der Waals surface area contributed by atoms with Crippen molar-refractivity contribution < 1.29 is 4.39 Å². The van der Waals surface area contributed by atoms with Crippen LogP contribution >= 0.6 is 11.6 Å². The van der Waals surface area contributed by atoms with E-state index in [0.29, 0.717) is 6.04 Å². The van der Waals surface area contributed by atoms with Crippen molar-refractivity contribution in [3.05, 3.63) is 34.6 Å². The lowest BCUT2D eigenvalue weighted by molar-refractivity contribution is 0.451. The Bertz CT molecular complexity index is 376. The second-order valence-electron chi connectivity index (χ2n) is 4.82. The maximum absolute atomic E-state index is 13.8. The van der Waals surface area contributed by atoms with E-state index >= 15 is 0 Å². The highest BCUT2D eigenvalue weighted by molar-refractivity contribution is 6.30. The van der Waals surface area contributed by atoms with Gasteiger partial charge in [0.25, 0.3) is 0 Å². The van der Waals surface area contributed by atoms with Crippen molar-refractivity contribution in [1.82, 2.24) is 5.32 Å². The largest absolute Gasteiger partial charge is 0.313 e. The highest BCUT2D eigenvalue weighted by atomic mass is 35.5. The van der Waals surface area contributed by atoms with Crippen molar-refractivity contribution in [3.63, 3.8) is 0 Å². The van der Waals surface area contributed by atoms with E-state index in [1.807, 2.05) is 12.1 Å². The van der Waals surface area contributed by atoms with Gasteiger partial charge in [0.2, 0.25) is 0 Å². The van der Waals surface area contributed by atoms with Crippen LogP contribution in [0.15, 0.2) is 18.2 Å². The molecule has 1 aromatic rings. The molecule has 0 aliphatic heterocycles. The maximum atomic E-state index is 13.8. The van der Waals surface area contributed by atoms with Gasteiger partial charge in [-0.15, -0.1) is 0 Å². The molecule has 1 atom stereocenters. The number of halogens is 2. The third-order valence-electron chi connectivity index (χ3n) is 3.32. The van der Waals surface area contributed by atoms with Gasteiger partial charge in [0.05, 0.1) is 5.02 Å². The maximum Gasteiger partial charge on any atom is 0.145 e. The summed E-state index contributed by atoms with van der Waals surface area (Å²) in [4.78, 5) is 0. The van der Waals surface area contributed by atoms with E-state index in [2.05, 4.69) is 12.2 Å². The Morgan fingerprint density at radius 3 is 2.88 bits per heavy atom. The molecule has 1 aromatic carbocycles. The molecule has 0 bridgehead atoms. The highest BCUT2D eigenvalue weighted by Crippen LogP contribution is 2.34. The summed E-state index contributed by atoms with van der Waals surface area (Å²) in [6, 6.07) is 5.67. The second kappa shape index (κ2) is 5.83. The van der Waals surface area contributed by atoms with Crippen molar-refractivity contribution in [1.29, 1.82) is 0 Å². The third kappa shape index (κ3) is 3.43. The zero-order valence-corrected chi connectivity index (χ0v) is 10.9. The molecule has 2 rings (SSSR count). The zero-order valence-electron chi connectivity index (χ0n) is 10.2. The molecule has 94 valence electrons. The fourth-order valence-corrected chi connectivity index (χ4v) is 2.37. The van der Waals surface area contributed by atoms with Crippen molar-refractivity contribution in [2.24, 2.45) is 5.92 Å². The Balaban J connectivity index is 2.03. The molecule has 1 aliphatic carbocycles. The van der Waals surface area contributed by atoms with E-state index in [-0.39, 0.29) is 10.8 Å². The molecule has 1 N–H and O–H groups in total. The minimum absolute atomic E-state index is 0.229. The van der Waals surface area contributed by atoms with Crippen LogP contribution in [0.1, 0.15) is 31.7 Å². The lowest BCUT2D eigenvalue weighted by Gasteiger charge is -2.18. The fraction of sp³-hybridized carbons (Fsp3) is 0.571. The van der Waals surface area contributed by atoms with E-state index in [4.69, 9.17) is 11.6 Å². The molecule has 3 heteroatoms. The van der Waals surface area contributed by atoms with Gasteiger partial charge in [-0.25, -0.2) is 4.39 Å². The predicted molar refractivity (Wildman–Crippen MR) is 69.9 cm³/mol. The summed E-state index contributed by atoms with van der Waals surface area (Å²) in [6.07, 6.45) is 4.39. The van der Waals surface area contributed by atoms with Crippen LogP contribution in [0.3, 0.4) is 0 Å². The summed E-state index contributed by atoms with van der Waals surface area (Å²) in [5, 5.41) is 3.75. The van der Waals surface area contributed by atoms with Gasteiger partial charge >= 0.3 is 0 Å². The number of benzene rings is 1. The summed E-state index contributed by atoms with van der Waals surface area (Å²) < 4.78 is 13.8. The Morgan fingerprint density at radius 1 is 1.47 bits per heavy atom. The number of hydrogen-bond acceptors (Lipinski definition) is 1. The van der Waals surface area contributed by atoms with Gasteiger partial charge in [-0.1, -0.05) is 30.7 Å². The van der Waals surface area contributed by atoms with Gasteiger partial charge in [-0.3, -0.25) is 0 Å². The molecule has 1 unspecified atom stereocenters. The normalized spacial score (nSPS) is 17.1. The molecule has 1 nitrogen and oxygen atoms in total. The van der Waals surface area contributed by atoms with Gasteiger partial charge in [0.1, 0.15) is 5.82 Å². The van der Waals surface area contributed by atoms with Crippen molar-refractivity contribution in [2.45, 2.75) is 38.6 Å². The Hall–Kier alpha value is -0.600. The molecule has 0 heterocycles. The zero-order chi connectivity index (χ0) is 12.3. The van der Waals surface area contributed by atoms with Crippen LogP contribution in [0.4, 0.5) is 4.39 Å². The minimum atomic E-state index is -0.252. The van der Waals surface area contributed by atoms with Gasteiger partial charge in [-0.2, -0.15) is 0 Å². The molecule has 1 saturated carbocycles. The topological polar surface area (TPSA) is 12.0 Å². The first-order valence-corrected chi connectivity index (χ1v) is 6.76. The van der Waals surface area contributed by atoms with Gasteiger partial charge in [-0.05, 0) is 49.8 Å².